The van der Waals surface area contributed by atoms with Gasteiger partial charge in [0.15, 0.2) is 0 Å². The van der Waals surface area contributed by atoms with Gasteiger partial charge in [-0.25, -0.2) is 4.98 Å². The minimum atomic E-state index is 0.360. The van der Waals surface area contributed by atoms with Crippen molar-refractivity contribution in [1.82, 2.24) is 14.7 Å². The lowest BCUT2D eigenvalue weighted by Gasteiger charge is -2.26. The summed E-state index contributed by atoms with van der Waals surface area (Å²) in [7, 11) is 0. The van der Waals surface area contributed by atoms with Crippen molar-refractivity contribution in [3.63, 3.8) is 0 Å². The molecule has 0 bridgehead atoms. The number of hydrogen-bond donors (Lipinski definition) is 2. The zero-order valence-electron chi connectivity index (χ0n) is 11.0. The van der Waals surface area contributed by atoms with Crippen LogP contribution in [0.1, 0.15) is 29.9 Å². The van der Waals surface area contributed by atoms with Gasteiger partial charge in [0, 0.05) is 30.5 Å². The van der Waals surface area contributed by atoms with Crippen LogP contribution in [0.5, 0.6) is 0 Å². The molecule has 1 aliphatic heterocycles. The number of hydrogen-bond acceptors (Lipinski definition) is 5. The molecule has 3 rings (SSSR count). The van der Waals surface area contributed by atoms with Crippen LogP contribution in [0.25, 0.3) is 0 Å². The molecule has 1 aliphatic rings. The molecule has 19 heavy (non-hydrogen) atoms. The second kappa shape index (κ2) is 5.67. The fourth-order valence-electron chi connectivity index (χ4n) is 2.43. The van der Waals surface area contributed by atoms with Crippen molar-refractivity contribution in [3.8, 4) is 0 Å². The lowest BCUT2D eigenvalue weighted by molar-refractivity contribution is 0.523. The lowest BCUT2D eigenvalue weighted by atomic mass is 9.94. The van der Waals surface area contributed by atoms with E-state index in [0.717, 1.165) is 36.9 Å². The van der Waals surface area contributed by atoms with Crippen molar-refractivity contribution in [2.24, 2.45) is 0 Å². The third-order valence-corrected chi connectivity index (χ3v) is 4.17. The van der Waals surface area contributed by atoms with E-state index in [0.29, 0.717) is 6.04 Å². The highest BCUT2D eigenvalue weighted by Gasteiger charge is 2.19. The molecule has 0 saturated carbocycles. The Morgan fingerprint density at radius 3 is 3.16 bits per heavy atom. The molecule has 100 valence electrons. The molecule has 0 aliphatic carbocycles. The maximum atomic E-state index is 4.44. The Morgan fingerprint density at radius 2 is 2.32 bits per heavy atom. The standard InChI is InChI=1S/C14H18N4S/c1-2-13-17-14(19-18-13)16-9-12-11-6-4-3-5-10(11)7-8-15-12/h3-6,12,15H,2,7-9H2,1H3,(H,16,17,18). The first-order chi connectivity index (χ1) is 9.36. The molecule has 0 radical (unpaired) electrons. The number of nitrogens with zero attached hydrogens (tertiary/aromatic N) is 2. The molecule has 1 aromatic carbocycles. The summed E-state index contributed by atoms with van der Waals surface area (Å²) in [5, 5.41) is 7.87. The molecule has 0 spiro atoms. The summed E-state index contributed by atoms with van der Waals surface area (Å²) in [6.07, 6.45) is 2.01. The third-order valence-electron chi connectivity index (χ3n) is 3.46. The molecule has 0 amide bonds. The smallest absolute Gasteiger partial charge is 0.202 e. The maximum Gasteiger partial charge on any atom is 0.202 e. The molecule has 5 heteroatoms. The van der Waals surface area contributed by atoms with Crippen LogP contribution in [-0.4, -0.2) is 22.4 Å². The number of benzene rings is 1. The van der Waals surface area contributed by atoms with Crippen LogP contribution >= 0.6 is 11.5 Å². The van der Waals surface area contributed by atoms with Gasteiger partial charge in [-0.1, -0.05) is 31.2 Å². The SMILES string of the molecule is CCc1nsc(NCC2NCCc3ccccc32)n1. The van der Waals surface area contributed by atoms with Gasteiger partial charge in [0.2, 0.25) is 5.13 Å². The van der Waals surface area contributed by atoms with Crippen LogP contribution in [0.15, 0.2) is 24.3 Å². The predicted octanol–water partition coefficient (Wildman–Crippen LogP) is 2.40. The first kappa shape index (κ1) is 12.6. The van der Waals surface area contributed by atoms with Crippen LogP contribution in [-0.2, 0) is 12.8 Å². The van der Waals surface area contributed by atoms with Crippen molar-refractivity contribution in [1.29, 1.82) is 0 Å². The molecule has 0 fully saturated rings. The quantitative estimate of drug-likeness (QED) is 0.899. The van der Waals surface area contributed by atoms with E-state index >= 15 is 0 Å². The van der Waals surface area contributed by atoms with E-state index < -0.39 is 0 Å². The van der Waals surface area contributed by atoms with E-state index in [1.54, 1.807) is 0 Å². The van der Waals surface area contributed by atoms with Crippen LogP contribution < -0.4 is 10.6 Å². The Morgan fingerprint density at radius 1 is 1.42 bits per heavy atom. The van der Waals surface area contributed by atoms with Gasteiger partial charge in [-0.2, -0.15) is 4.37 Å². The first-order valence-electron chi connectivity index (χ1n) is 6.74. The van der Waals surface area contributed by atoms with Gasteiger partial charge in [-0.05, 0) is 24.1 Å². The number of anilines is 1. The Labute approximate surface area is 117 Å². The van der Waals surface area contributed by atoms with E-state index in [2.05, 4.69) is 51.2 Å². The average Bonchev–Trinajstić information content (AvgIpc) is 2.93. The molecule has 4 nitrogen and oxygen atoms in total. The second-order valence-corrected chi connectivity index (χ2v) is 5.46. The second-order valence-electron chi connectivity index (χ2n) is 4.71. The topological polar surface area (TPSA) is 49.8 Å². The summed E-state index contributed by atoms with van der Waals surface area (Å²) in [5.41, 5.74) is 2.86. The fourth-order valence-corrected chi connectivity index (χ4v) is 3.09. The molecule has 2 N–H and O–H groups in total. The van der Waals surface area contributed by atoms with E-state index in [-0.39, 0.29) is 0 Å². The minimum Gasteiger partial charge on any atom is -0.358 e. The van der Waals surface area contributed by atoms with Gasteiger partial charge in [-0.15, -0.1) is 0 Å². The van der Waals surface area contributed by atoms with Crippen molar-refractivity contribution in [2.75, 3.05) is 18.4 Å². The third kappa shape index (κ3) is 2.77. The zero-order chi connectivity index (χ0) is 13.1. The lowest BCUT2D eigenvalue weighted by Crippen LogP contribution is -2.34. The highest BCUT2D eigenvalue weighted by molar-refractivity contribution is 7.09. The average molecular weight is 274 g/mol. The molecular formula is C14H18N4S. The number of fused-ring (bicyclic) bond motifs is 1. The fraction of sp³-hybridized carbons (Fsp3) is 0.429. The van der Waals surface area contributed by atoms with E-state index in [1.807, 2.05) is 0 Å². The van der Waals surface area contributed by atoms with Crippen LogP contribution in [0.3, 0.4) is 0 Å². The van der Waals surface area contributed by atoms with Gasteiger partial charge >= 0.3 is 0 Å². The van der Waals surface area contributed by atoms with E-state index in [4.69, 9.17) is 0 Å². The number of aryl methyl sites for hydroxylation is 1. The van der Waals surface area contributed by atoms with Crippen molar-refractivity contribution in [2.45, 2.75) is 25.8 Å². The summed E-state index contributed by atoms with van der Waals surface area (Å²) >= 11 is 1.44. The van der Waals surface area contributed by atoms with Gasteiger partial charge in [-0.3, -0.25) is 0 Å². The largest absolute Gasteiger partial charge is 0.358 e. The van der Waals surface area contributed by atoms with Gasteiger partial charge in [0.05, 0.1) is 0 Å². The molecule has 2 heterocycles. The zero-order valence-corrected chi connectivity index (χ0v) is 11.8. The number of rotatable bonds is 4. The minimum absolute atomic E-state index is 0.360. The first-order valence-corrected chi connectivity index (χ1v) is 7.52. The molecular weight excluding hydrogens is 256 g/mol. The Kier molecular flexibility index (Phi) is 3.75. The van der Waals surface area contributed by atoms with Crippen LogP contribution in [0.4, 0.5) is 5.13 Å². The van der Waals surface area contributed by atoms with Gasteiger partial charge in [0.25, 0.3) is 0 Å². The Balaban J connectivity index is 1.68. The molecule has 1 atom stereocenters. The van der Waals surface area contributed by atoms with Gasteiger partial charge in [0.1, 0.15) is 5.82 Å². The number of nitrogens with one attached hydrogen (secondary N) is 2. The summed E-state index contributed by atoms with van der Waals surface area (Å²) in [4.78, 5) is 4.44. The summed E-state index contributed by atoms with van der Waals surface area (Å²) in [6, 6.07) is 9.03. The van der Waals surface area contributed by atoms with Crippen LogP contribution in [0, 0.1) is 0 Å². The van der Waals surface area contributed by atoms with E-state index in [1.165, 1.54) is 22.7 Å². The monoisotopic (exact) mass is 274 g/mol. The van der Waals surface area contributed by atoms with Crippen molar-refractivity contribution < 1.29 is 0 Å². The molecule has 1 aromatic heterocycles. The maximum absolute atomic E-state index is 4.44. The summed E-state index contributed by atoms with van der Waals surface area (Å²) in [5.74, 6) is 0.921. The summed E-state index contributed by atoms with van der Waals surface area (Å²) < 4.78 is 4.29. The van der Waals surface area contributed by atoms with Crippen molar-refractivity contribution >= 4 is 16.7 Å². The van der Waals surface area contributed by atoms with Gasteiger partial charge < -0.3 is 10.6 Å². The predicted molar refractivity (Wildman–Crippen MR) is 78.7 cm³/mol. The summed E-state index contributed by atoms with van der Waals surface area (Å²) in [6.45, 7) is 3.97. The number of aromatic nitrogens is 2. The molecule has 1 unspecified atom stereocenters. The molecule has 0 saturated heterocycles. The highest BCUT2D eigenvalue weighted by atomic mass is 32.1. The Bertz CT molecular complexity index is 552. The molecule has 2 aromatic rings. The Hall–Kier alpha value is -1.46. The normalized spacial score (nSPS) is 18.1. The van der Waals surface area contributed by atoms with E-state index in [9.17, 15) is 0 Å². The highest BCUT2D eigenvalue weighted by Crippen LogP contribution is 2.23. The van der Waals surface area contributed by atoms with Crippen molar-refractivity contribution in [3.05, 3.63) is 41.2 Å². The van der Waals surface area contributed by atoms with Crippen LogP contribution in [0.2, 0.25) is 0 Å².